The van der Waals surface area contributed by atoms with Gasteiger partial charge in [-0.25, -0.2) is 9.78 Å². The number of amides is 3. The third-order valence-corrected chi connectivity index (χ3v) is 7.95. The molecule has 0 saturated carbocycles. The first-order chi connectivity index (χ1) is 20.4. The lowest BCUT2D eigenvalue weighted by molar-refractivity contribution is -0.130. The minimum atomic E-state index is -0.652. The number of carbonyl (C=O) groups excluding carboxylic acids is 3. The number of nitrogens with two attached hydrogens (primary N) is 1. The first-order valence-corrected chi connectivity index (χ1v) is 15.0. The molecule has 3 amide bonds. The fourth-order valence-corrected chi connectivity index (χ4v) is 5.77. The molecule has 0 spiro atoms. The van der Waals surface area contributed by atoms with E-state index in [1.807, 2.05) is 20.8 Å². The average molecular weight is 648 g/mol. The number of ether oxygens (including phenoxy) is 1. The first kappa shape index (κ1) is 33.1. The van der Waals surface area contributed by atoms with E-state index in [0.717, 1.165) is 5.56 Å². The molecule has 14 heteroatoms. The van der Waals surface area contributed by atoms with E-state index in [-0.39, 0.29) is 59.7 Å². The van der Waals surface area contributed by atoms with Crippen molar-refractivity contribution in [1.29, 1.82) is 5.41 Å². The number of nitrogen functional groups attached to an aromatic ring is 1. The molecule has 238 valence electrons. The molecule has 1 aromatic carbocycles. The van der Waals surface area contributed by atoms with E-state index in [9.17, 15) is 14.4 Å². The van der Waals surface area contributed by atoms with Crippen molar-refractivity contribution in [2.75, 3.05) is 31.9 Å². The van der Waals surface area contributed by atoms with E-state index in [1.54, 1.807) is 42.4 Å². The van der Waals surface area contributed by atoms with Crippen LogP contribution < -0.4 is 16.4 Å². The van der Waals surface area contributed by atoms with Crippen LogP contribution in [0.3, 0.4) is 0 Å². The molecule has 0 bridgehead atoms. The van der Waals surface area contributed by atoms with Gasteiger partial charge in [0.15, 0.2) is 5.15 Å². The maximum atomic E-state index is 13.5. The largest absolute Gasteiger partial charge is 0.444 e. The third kappa shape index (κ3) is 7.13. The molecule has 5 N–H and O–H groups in total. The Balaban J connectivity index is 1.57. The fraction of sp³-hybridized carbons (Fsp3) is 0.500. The Morgan fingerprint density at radius 2 is 1.75 bits per heavy atom. The van der Waals surface area contributed by atoms with Gasteiger partial charge in [0.1, 0.15) is 23.0 Å². The Labute approximate surface area is 267 Å². The maximum Gasteiger partial charge on any atom is 0.410 e. The summed E-state index contributed by atoms with van der Waals surface area (Å²) < 4.78 is 7.19. The van der Waals surface area contributed by atoms with Crippen molar-refractivity contribution in [1.82, 2.24) is 30.0 Å². The first-order valence-electron chi connectivity index (χ1n) is 14.3. The van der Waals surface area contributed by atoms with Crippen LogP contribution in [0.5, 0.6) is 0 Å². The Morgan fingerprint density at radius 1 is 1.11 bits per heavy atom. The quantitative estimate of drug-likeness (QED) is 0.152. The SMILES string of the molecule is C=CC(=O)N1CC(NC(=O)c2c(Cl)nc(CNC(=N)c3cc(C(C)(C)C)c(Cl)cc3N)n2C2CN(C(=O)OC(C)(C)C)C2)C1. The standard InChI is InChI=1S/C30H40Cl2N8O4/c1-8-23(41)38-12-16(13-38)36-27(42)24-25(32)37-22(40(24)17-14-39(15-17)28(43)44-30(5,6)7)11-35-26(34)18-9-19(29(2,3)4)20(31)10-21(18)33/h8-10,16-17H,1,11-15,33H2,2-7H3,(H2,34,35)(H,36,42). The molecule has 3 heterocycles. The maximum absolute atomic E-state index is 13.5. The van der Waals surface area contributed by atoms with Gasteiger partial charge in [0.05, 0.1) is 18.6 Å². The molecule has 2 saturated heterocycles. The van der Waals surface area contributed by atoms with Crippen molar-refractivity contribution in [2.45, 2.75) is 71.2 Å². The van der Waals surface area contributed by atoms with Gasteiger partial charge in [0, 0.05) is 42.5 Å². The number of anilines is 1. The Kier molecular flexibility index (Phi) is 9.27. The molecular formula is C30H40Cl2N8O4. The van der Waals surface area contributed by atoms with E-state index in [0.29, 0.717) is 35.2 Å². The molecule has 0 unspecified atom stereocenters. The van der Waals surface area contributed by atoms with Gasteiger partial charge in [-0.1, -0.05) is 50.6 Å². The van der Waals surface area contributed by atoms with E-state index in [1.165, 1.54) is 11.0 Å². The van der Waals surface area contributed by atoms with Gasteiger partial charge in [-0.2, -0.15) is 0 Å². The highest BCUT2D eigenvalue weighted by atomic mass is 35.5. The number of likely N-dealkylation sites (tertiary alicyclic amines) is 2. The molecule has 2 aliphatic heterocycles. The molecule has 0 atom stereocenters. The van der Waals surface area contributed by atoms with Gasteiger partial charge < -0.3 is 35.5 Å². The summed E-state index contributed by atoms with van der Waals surface area (Å²) in [7, 11) is 0. The monoisotopic (exact) mass is 646 g/mol. The van der Waals surface area contributed by atoms with E-state index in [4.69, 9.17) is 39.1 Å². The highest BCUT2D eigenvalue weighted by molar-refractivity contribution is 6.32. The number of imidazole rings is 1. The summed E-state index contributed by atoms with van der Waals surface area (Å²) in [5.74, 6) is -0.208. The summed E-state index contributed by atoms with van der Waals surface area (Å²) >= 11 is 13.0. The summed E-state index contributed by atoms with van der Waals surface area (Å²) in [6.07, 6.45) is 0.775. The number of hydrogen-bond donors (Lipinski definition) is 4. The molecule has 2 fully saturated rings. The lowest BCUT2D eigenvalue weighted by atomic mass is 9.85. The number of halogens is 2. The molecular weight excluding hydrogens is 607 g/mol. The molecule has 1 aromatic heterocycles. The third-order valence-electron chi connectivity index (χ3n) is 7.38. The molecule has 4 rings (SSSR count). The number of benzene rings is 1. The van der Waals surface area contributed by atoms with Crippen LogP contribution in [0.2, 0.25) is 10.2 Å². The van der Waals surface area contributed by atoms with Crippen molar-refractivity contribution in [2.24, 2.45) is 0 Å². The number of nitrogens with zero attached hydrogens (tertiary/aromatic N) is 4. The lowest BCUT2D eigenvalue weighted by Gasteiger charge is -2.42. The van der Waals surface area contributed by atoms with E-state index >= 15 is 0 Å². The summed E-state index contributed by atoms with van der Waals surface area (Å²) in [4.78, 5) is 45.5. The minimum absolute atomic E-state index is 0.0130. The number of hydrogen-bond acceptors (Lipinski definition) is 7. The van der Waals surface area contributed by atoms with Gasteiger partial charge in [-0.15, -0.1) is 0 Å². The van der Waals surface area contributed by atoms with Crippen LogP contribution in [0.25, 0.3) is 0 Å². The molecule has 44 heavy (non-hydrogen) atoms. The Hall–Kier alpha value is -3.77. The van der Waals surface area contributed by atoms with Crippen LogP contribution >= 0.6 is 23.2 Å². The van der Waals surface area contributed by atoms with Gasteiger partial charge in [0.2, 0.25) is 5.91 Å². The molecule has 2 aliphatic rings. The predicted octanol–water partition coefficient (Wildman–Crippen LogP) is 4.10. The zero-order valence-corrected chi connectivity index (χ0v) is 27.4. The highest BCUT2D eigenvalue weighted by Gasteiger charge is 2.40. The van der Waals surface area contributed by atoms with Crippen LogP contribution in [0.1, 0.15) is 75.0 Å². The highest BCUT2D eigenvalue weighted by Crippen LogP contribution is 2.33. The minimum Gasteiger partial charge on any atom is -0.444 e. The van der Waals surface area contributed by atoms with Crippen LogP contribution in [0.4, 0.5) is 10.5 Å². The lowest BCUT2D eigenvalue weighted by Crippen LogP contribution is -2.61. The second kappa shape index (κ2) is 12.3. The second-order valence-corrected chi connectivity index (χ2v) is 13.9. The van der Waals surface area contributed by atoms with Gasteiger partial charge in [0.25, 0.3) is 5.91 Å². The number of amidine groups is 1. The van der Waals surface area contributed by atoms with Crippen LogP contribution in [0.15, 0.2) is 24.8 Å². The topological polar surface area (TPSA) is 159 Å². The van der Waals surface area contributed by atoms with Gasteiger partial charge in [-0.3, -0.25) is 15.0 Å². The molecule has 0 radical (unpaired) electrons. The normalized spacial score (nSPS) is 15.7. The molecule has 2 aromatic rings. The van der Waals surface area contributed by atoms with Crippen LogP contribution in [-0.2, 0) is 21.5 Å². The molecule has 12 nitrogen and oxygen atoms in total. The van der Waals surface area contributed by atoms with Crippen molar-refractivity contribution < 1.29 is 19.1 Å². The number of aromatic nitrogens is 2. The van der Waals surface area contributed by atoms with Crippen molar-refractivity contribution in [3.05, 3.63) is 57.6 Å². The van der Waals surface area contributed by atoms with Crippen molar-refractivity contribution in [3.8, 4) is 0 Å². The summed E-state index contributed by atoms with van der Waals surface area (Å²) in [5, 5.41) is 15.2. The number of rotatable bonds is 7. The Morgan fingerprint density at radius 3 is 2.32 bits per heavy atom. The number of carbonyl (C=O) groups is 3. The summed E-state index contributed by atoms with van der Waals surface area (Å²) in [6.45, 7) is 16.2. The fourth-order valence-electron chi connectivity index (χ4n) is 5.04. The summed E-state index contributed by atoms with van der Waals surface area (Å²) in [6, 6.07) is 2.86. The van der Waals surface area contributed by atoms with Crippen molar-refractivity contribution >= 4 is 52.6 Å². The average Bonchev–Trinajstić information content (AvgIpc) is 3.16. The zero-order chi connectivity index (χ0) is 32.7. The summed E-state index contributed by atoms with van der Waals surface area (Å²) in [5.41, 5.74) is 7.11. The smallest absolute Gasteiger partial charge is 0.410 e. The second-order valence-electron chi connectivity index (χ2n) is 13.1. The van der Waals surface area contributed by atoms with Gasteiger partial charge in [-0.05, 0) is 50.0 Å². The van der Waals surface area contributed by atoms with Crippen LogP contribution in [-0.4, -0.2) is 80.9 Å². The van der Waals surface area contributed by atoms with Crippen LogP contribution in [0, 0.1) is 5.41 Å². The van der Waals surface area contributed by atoms with Gasteiger partial charge >= 0.3 is 6.09 Å². The van der Waals surface area contributed by atoms with E-state index < -0.39 is 17.6 Å². The van der Waals surface area contributed by atoms with E-state index in [2.05, 4.69) is 22.2 Å². The molecule has 0 aliphatic carbocycles. The Bertz CT molecular complexity index is 1500. The zero-order valence-electron chi connectivity index (χ0n) is 25.9. The van der Waals surface area contributed by atoms with Crippen molar-refractivity contribution in [3.63, 3.8) is 0 Å². The predicted molar refractivity (Wildman–Crippen MR) is 170 cm³/mol. The number of nitrogens with one attached hydrogen (secondary N) is 3.